The number of ether oxygens (including phenoxy) is 4. The van der Waals surface area contributed by atoms with Gasteiger partial charge in [-0.15, -0.1) is 0 Å². The molecule has 0 aromatic rings. The molecule has 1 saturated heterocycles. The zero-order chi connectivity index (χ0) is 13.8. The quantitative estimate of drug-likeness (QED) is 0.428. The van der Waals surface area contributed by atoms with Crippen LogP contribution < -0.4 is 0 Å². The SMILES string of the molecule is CC(=O)OC(/C=C/[C@H]1COC(C)(C)O1)OC(C)=O. The number of hydrogen-bond donors (Lipinski definition) is 0. The molecule has 1 aliphatic heterocycles. The predicted octanol–water partition coefficient (Wildman–Crippen LogP) is 1.15. The first kappa shape index (κ1) is 14.7. The van der Waals surface area contributed by atoms with Crippen LogP contribution in [0.5, 0.6) is 0 Å². The van der Waals surface area contributed by atoms with E-state index in [1.165, 1.54) is 19.9 Å². The molecule has 0 N–H and O–H groups in total. The van der Waals surface area contributed by atoms with Crippen LogP contribution in [0.3, 0.4) is 0 Å². The summed E-state index contributed by atoms with van der Waals surface area (Å²) in [6.45, 7) is 6.48. The molecule has 0 aromatic carbocycles. The summed E-state index contributed by atoms with van der Waals surface area (Å²) in [7, 11) is 0. The third-order valence-electron chi connectivity index (χ3n) is 2.08. The molecule has 1 heterocycles. The summed E-state index contributed by atoms with van der Waals surface area (Å²) in [5.74, 6) is -1.70. The van der Waals surface area contributed by atoms with Gasteiger partial charge in [0.15, 0.2) is 5.79 Å². The van der Waals surface area contributed by atoms with Crippen molar-refractivity contribution in [1.82, 2.24) is 0 Å². The summed E-state index contributed by atoms with van der Waals surface area (Å²) in [6, 6.07) is 0. The van der Waals surface area contributed by atoms with E-state index in [4.69, 9.17) is 18.9 Å². The number of rotatable bonds is 4. The minimum Gasteiger partial charge on any atom is -0.421 e. The molecule has 0 aromatic heterocycles. The van der Waals surface area contributed by atoms with E-state index >= 15 is 0 Å². The lowest BCUT2D eigenvalue weighted by Crippen LogP contribution is -2.22. The van der Waals surface area contributed by atoms with Crippen molar-refractivity contribution in [3.05, 3.63) is 12.2 Å². The molecule has 0 spiro atoms. The maximum absolute atomic E-state index is 10.8. The summed E-state index contributed by atoms with van der Waals surface area (Å²) < 4.78 is 20.5. The maximum Gasteiger partial charge on any atom is 0.305 e. The van der Waals surface area contributed by atoms with Crippen LogP contribution in [0.2, 0.25) is 0 Å². The number of hydrogen-bond acceptors (Lipinski definition) is 6. The molecule has 6 nitrogen and oxygen atoms in total. The van der Waals surface area contributed by atoms with Crippen LogP contribution in [0.4, 0.5) is 0 Å². The smallest absolute Gasteiger partial charge is 0.305 e. The number of carbonyl (C=O) groups is 2. The Balaban J connectivity index is 2.54. The monoisotopic (exact) mass is 258 g/mol. The van der Waals surface area contributed by atoms with Crippen LogP contribution in [0, 0.1) is 0 Å². The zero-order valence-corrected chi connectivity index (χ0v) is 11.0. The Labute approximate surface area is 106 Å². The van der Waals surface area contributed by atoms with Crippen molar-refractivity contribution in [1.29, 1.82) is 0 Å². The summed E-state index contributed by atoms with van der Waals surface area (Å²) in [5, 5.41) is 0. The fraction of sp³-hybridized carbons (Fsp3) is 0.667. The van der Waals surface area contributed by atoms with Gasteiger partial charge in [0.1, 0.15) is 6.10 Å². The summed E-state index contributed by atoms with van der Waals surface area (Å²) in [5.41, 5.74) is 0. The first-order chi connectivity index (χ1) is 8.28. The summed E-state index contributed by atoms with van der Waals surface area (Å²) >= 11 is 0. The highest BCUT2D eigenvalue weighted by molar-refractivity contribution is 5.68. The fourth-order valence-corrected chi connectivity index (χ4v) is 1.45. The molecule has 0 amide bonds. The van der Waals surface area contributed by atoms with E-state index in [1.54, 1.807) is 19.9 Å². The minimum absolute atomic E-state index is 0.256. The summed E-state index contributed by atoms with van der Waals surface area (Å²) in [4.78, 5) is 21.7. The van der Waals surface area contributed by atoms with Crippen LogP contribution >= 0.6 is 0 Å². The topological polar surface area (TPSA) is 71.1 Å². The Bertz CT molecular complexity index is 330. The molecule has 0 saturated carbocycles. The first-order valence-electron chi connectivity index (χ1n) is 5.63. The van der Waals surface area contributed by atoms with Crippen molar-refractivity contribution < 1.29 is 28.5 Å². The van der Waals surface area contributed by atoms with Crippen molar-refractivity contribution in [2.75, 3.05) is 6.61 Å². The third kappa shape index (κ3) is 5.29. The van der Waals surface area contributed by atoms with Crippen LogP contribution in [0.1, 0.15) is 27.7 Å². The van der Waals surface area contributed by atoms with Crippen molar-refractivity contribution in [3.8, 4) is 0 Å². The van der Waals surface area contributed by atoms with E-state index in [-0.39, 0.29) is 6.10 Å². The van der Waals surface area contributed by atoms with Crippen LogP contribution in [0.25, 0.3) is 0 Å². The molecule has 1 rings (SSSR count). The Morgan fingerprint density at radius 3 is 2.22 bits per heavy atom. The second kappa shape index (κ2) is 5.97. The van der Waals surface area contributed by atoms with E-state index in [1.807, 2.05) is 0 Å². The van der Waals surface area contributed by atoms with Gasteiger partial charge in [0, 0.05) is 13.8 Å². The van der Waals surface area contributed by atoms with Crippen molar-refractivity contribution in [2.24, 2.45) is 0 Å². The van der Waals surface area contributed by atoms with Gasteiger partial charge in [-0.05, 0) is 19.9 Å². The van der Waals surface area contributed by atoms with E-state index < -0.39 is 24.0 Å². The first-order valence-corrected chi connectivity index (χ1v) is 5.63. The average Bonchev–Trinajstić information content (AvgIpc) is 2.53. The van der Waals surface area contributed by atoms with Gasteiger partial charge in [-0.1, -0.05) is 6.08 Å². The standard InChI is InChI=1S/C12H18O6/c1-8(13)16-11(17-9(2)14)6-5-10-7-15-12(3,4)18-10/h5-6,10-11H,7H2,1-4H3/b6-5+/t10-/m0/s1. The Morgan fingerprint density at radius 2 is 1.83 bits per heavy atom. The van der Waals surface area contributed by atoms with Gasteiger partial charge in [-0.25, -0.2) is 0 Å². The Hall–Kier alpha value is -1.40. The molecular weight excluding hydrogens is 240 g/mol. The molecule has 6 heteroatoms. The second-order valence-electron chi connectivity index (χ2n) is 4.34. The maximum atomic E-state index is 10.8. The van der Waals surface area contributed by atoms with Gasteiger partial charge < -0.3 is 18.9 Å². The van der Waals surface area contributed by atoms with Gasteiger partial charge in [0.25, 0.3) is 6.29 Å². The lowest BCUT2D eigenvalue weighted by Gasteiger charge is -2.16. The van der Waals surface area contributed by atoms with E-state index in [0.29, 0.717) is 6.61 Å². The number of esters is 2. The summed E-state index contributed by atoms with van der Waals surface area (Å²) in [6.07, 6.45) is 1.81. The minimum atomic E-state index is -1.03. The molecule has 0 bridgehead atoms. The number of carbonyl (C=O) groups excluding carboxylic acids is 2. The normalized spacial score (nSPS) is 22.4. The highest BCUT2D eigenvalue weighted by atomic mass is 16.7. The molecule has 0 aliphatic carbocycles. The lowest BCUT2D eigenvalue weighted by atomic mass is 10.3. The average molecular weight is 258 g/mol. The third-order valence-corrected chi connectivity index (χ3v) is 2.08. The zero-order valence-electron chi connectivity index (χ0n) is 11.0. The molecule has 1 fully saturated rings. The molecule has 0 radical (unpaired) electrons. The Morgan fingerprint density at radius 1 is 1.28 bits per heavy atom. The molecule has 102 valence electrons. The molecular formula is C12H18O6. The largest absolute Gasteiger partial charge is 0.421 e. The molecule has 18 heavy (non-hydrogen) atoms. The van der Waals surface area contributed by atoms with Crippen LogP contribution in [-0.2, 0) is 28.5 Å². The lowest BCUT2D eigenvalue weighted by molar-refractivity contribution is -0.176. The van der Waals surface area contributed by atoms with Gasteiger partial charge in [0.05, 0.1) is 6.61 Å². The molecule has 0 unspecified atom stereocenters. The highest BCUT2D eigenvalue weighted by Gasteiger charge is 2.31. The highest BCUT2D eigenvalue weighted by Crippen LogP contribution is 2.23. The Kier molecular flexibility index (Phi) is 4.86. The van der Waals surface area contributed by atoms with E-state index in [2.05, 4.69) is 0 Å². The van der Waals surface area contributed by atoms with Gasteiger partial charge in [0.2, 0.25) is 0 Å². The van der Waals surface area contributed by atoms with Crippen molar-refractivity contribution in [2.45, 2.75) is 45.9 Å². The fourth-order valence-electron chi connectivity index (χ4n) is 1.45. The van der Waals surface area contributed by atoms with E-state index in [9.17, 15) is 9.59 Å². The van der Waals surface area contributed by atoms with Crippen molar-refractivity contribution in [3.63, 3.8) is 0 Å². The molecule has 1 atom stereocenters. The predicted molar refractivity (Wildman–Crippen MR) is 61.4 cm³/mol. The van der Waals surface area contributed by atoms with E-state index in [0.717, 1.165) is 0 Å². The molecule has 1 aliphatic rings. The van der Waals surface area contributed by atoms with Crippen LogP contribution in [-0.4, -0.2) is 36.7 Å². The van der Waals surface area contributed by atoms with Crippen molar-refractivity contribution >= 4 is 11.9 Å². The van der Waals surface area contributed by atoms with Gasteiger partial charge in [-0.2, -0.15) is 0 Å². The second-order valence-corrected chi connectivity index (χ2v) is 4.34. The van der Waals surface area contributed by atoms with Gasteiger partial charge >= 0.3 is 11.9 Å². The van der Waals surface area contributed by atoms with Crippen LogP contribution in [0.15, 0.2) is 12.2 Å². The van der Waals surface area contributed by atoms with Gasteiger partial charge in [-0.3, -0.25) is 9.59 Å².